The largest absolute Gasteiger partial charge is 0.393 e. The van der Waals surface area contributed by atoms with Gasteiger partial charge in [-0.1, -0.05) is 44.0 Å². The molecule has 0 radical (unpaired) electrons. The van der Waals surface area contributed by atoms with Crippen LogP contribution in [0.1, 0.15) is 33.4 Å². The average molecular weight is 328 g/mol. The first-order valence-electron chi connectivity index (χ1n) is 6.75. The smallest absolute Gasteiger partial charge is 0.294 e. The minimum absolute atomic E-state index is 0.235. The molecule has 2 aromatic rings. The van der Waals surface area contributed by atoms with Crippen molar-refractivity contribution in [3.63, 3.8) is 0 Å². The highest BCUT2D eigenvalue weighted by atomic mass is 35.5. The number of hydrogen-bond donors (Lipinski definition) is 1. The Morgan fingerprint density at radius 2 is 1.81 bits per heavy atom. The molecule has 0 saturated carbocycles. The molecule has 2 rings (SSSR count). The first kappa shape index (κ1) is 16.0. The molecule has 0 bridgehead atoms. The topological polar surface area (TPSA) is 52.9 Å². The van der Waals surface area contributed by atoms with Gasteiger partial charge >= 0.3 is 0 Å². The first-order valence-corrected chi connectivity index (χ1v) is 7.51. The van der Waals surface area contributed by atoms with E-state index in [-0.39, 0.29) is 16.7 Å². The zero-order valence-corrected chi connectivity index (χ0v) is 14.1. The van der Waals surface area contributed by atoms with E-state index in [0.717, 1.165) is 5.69 Å². The fourth-order valence-corrected chi connectivity index (χ4v) is 2.82. The second kappa shape index (κ2) is 5.43. The highest BCUT2D eigenvalue weighted by Gasteiger charge is 2.27. The van der Waals surface area contributed by atoms with Gasteiger partial charge in [-0.2, -0.15) is 0 Å². The molecule has 1 aromatic carbocycles. The summed E-state index contributed by atoms with van der Waals surface area (Å²) in [5.41, 5.74) is 7.33. The van der Waals surface area contributed by atoms with Crippen LogP contribution in [0.25, 0.3) is 5.69 Å². The van der Waals surface area contributed by atoms with Gasteiger partial charge < -0.3 is 5.73 Å². The monoisotopic (exact) mass is 327 g/mol. The van der Waals surface area contributed by atoms with Crippen molar-refractivity contribution < 1.29 is 0 Å². The number of nitrogen functional groups attached to an aromatic ring is 1. The van der Waals surface area contributed by atoms with Crippen LogP contribution in [-0.2, 0) is 12.0 Å². The molecule has 0 spiro atoms. The van der Waals surface area contributed by atoms with Crippen molar-refractivity contribution in [3.05, 3.63) is 44.3 Å². The van der Waals surface area contributed by atoms with E-state index in [1.165, 1.54) is 0 Å². The summed E-state index contributed by atoms with van der Waals surface area (Å²) in [4.78, 5) is 12.6. The first-order chi connectivity index (χ1) is 9.68. The summed E-state index contributed by atoms with van der Waals surface area (Å²) in [7, 11) is 0. The van der Waals surface area contributed by atoms with Crippen LogP contribution in [-0.4, -0.2) is 9.36 Å². The molecule has 114 valence electrons. The van der Waals surface area contributed by atoms with E-state index in [1.54, 1.807) is 22.9 Å². The Bertz CT molecular complexity index is 739. The lowest BCUT2D eigenvalue weighted by Gasteiger charge is -2.22. The number of nitrogens with two attached hydrogens (primary N) is 1. The molecule has 0 saturated heterocycles. The van der Waals surface area contributed by atoms with Crippen LogP contribution in [0, 0.1) is 0 Å². The summed E-state index contributed by atoms with van der Waals surface area (Å²) >= 11 is 12.0. The highest BCUT2D eigenvalue weighted by Crippen LogP contribution is 2.29. The Hall–Kier alpha value is -1.39. The normalized spacial score (nSPS) is 11.9. The molecule has 0 fully saturated rings. The lowest BCUT2D eigenvalue weighted by atomic mass is 9.91. The van der Waals surface area contributed by atoms with Crippen LogP contribution in [0.5, 0.6) is 0 Å². The number of rotatable bonds is 2. The summed E-state index contributed by atoms with van der Waals surface area (Å²) in [5, 5.41) is 0.855. The third kappa shape index (κ3) is 2.70. The third-order valence-electron chi connectivity index (χ3n) is 3.34. The minimum Gasteiger partial charge on any atom is -0.393 e. The van der Waals surface area contributed by atoms with Crippen LogP contribution >= 0.6 is 23.2 Å². The molecule has 1 aromatic heterocycles. The van der Waals surface area contributed by atoms with E-state index in [9.17, 15) is 4.79 Å². The Morgan fingerprint density at radius 1 is 1.19 bits per heavy atom. The molecule has 6 heteroatoms. The van der Waals surface area contributed by atoms with Crippen LogP contribution < -0.4 is 11.3 Å². The van der Waals surface area contributed by atoms with E-state index in [0.29, 0.717) is 22.3 Å². The van der Waals surface area contributed by atoms with Crippen LogP contribution in [0.2, 0.25) is 10.0 Å². The van der Waals surface area contributed by atoms with Gasteiger partial charge in [0.2, 0.25) is 0 Å². The molecule has 0 aliphatic heterocycles. The minimum atomic E-state index is -0.236. The Kier molecular flexibility index (Phi) is 4.13. The van der Waals surface area contributed by atoms with Crippen LogP contribution in [0.3, 0.4) is 0 Å². The number of aromatic nitrogens is 2. The van der Waals surface area contributed by atoms with Crippen molar-refractivity contribution in [1.82, 2.24) is 9.36 Å². The van der Waals surface area contributed by atoms with E-state index in [2.05, 4.69) is 0 Å². The highest BCUT2D eigenvalue weighted by molar-refractivity contribution is 6.42. The molecule has 21 heavy (non-hydrogen) atoms. The van der Waals surface area contributed by atoms with Crippen molar-refractivity contribution in [1.29, 1.82) is 0 Å². The number of halogens is 2. The maximum absolute atomic E-state index is 12.6. The van der Waals surface area contributed by atoms with E-state index in [4.69, 9.17) is 28.9 Å². The summed E-state index contributed by atoms with van der Waals surface area (Å²) in [6.45, 7) is 8.69. The van der Waals surface area contributed by atoms with Crippen molar-refractivity contribution in [3.8, 4) is 5.69 Å². The fraction of sp³-hybridized carbons (Fsp3) is 0.400. The quantitative estimate of drug-likeness (QED) is 0.910. The lowest BCUT2D eigenvalue weighted by molar-refractivity contribution is 0.470. The van der Waals surface area contributed by atoms with Gasteiger partial charge in [0.25, 0.3) is 5.56 Å². The van der Waals surface area contributed by atoms with Gasteiger partial charge in [-0.05, 0) is 25.1 Å². The molecule has 0 atom stereocenters. The van der Waals surface area contributed by atoms with Crippen molar-refractivity contribution in [2.45, 2.75) is 39.7 Å². The maximum atomic E-state index is 12.6. The SMILES string of the molecule is CCn1c(C(C)(C)C)c(N)c(=O)n1-c1ccc(Cl)c(Cl)c1. The summed E-state index contributed by atoms with van der Waals surface area (Å²) in [6, 6.07) is 5.10. The zero-order valence-electron chi connectivity index (χ0n) is 12.6. The zero-order chi connectivity index (χ0) is 15.9. The summed E-state index contributed by atoms with van der Waals surface area (Å²) in [5.74, 6) is 0. The molecular formula is C15H19Cl2N3O. The van der Waals surface area contributed by atoms with Crippen molar-refractivity contribution in [2.75, 3.05) is 5.73 Å². The second-order valence-electron chi connectivity index (χ2n) is 5.94. The number of nitrogens with zero attached hydrogens (tertiary/aromatic N) is 2. The van der Waals surface area contributed by atoms with Gasteiger partial charge in [-0.3, -0.25) is 9.48 Å². The predicted molar refractivity (Wildman–Crippen MR) is 88.8 cm³/mol. The lowest BCUT2D eigenvalue weighted by Crippen LogP contribution is -2.24. The van der Waals surface area contributed by atoms with Gasteiger partial charge in [0.05, 0.1) is 21.4 Å². The molecule has 1 heterocycles. The standard InChI is InChI=1S/C15H19Cl2N3O/c1-5-19-13(15(2,3)4)12(18)14(21)20(19)9-6-7-10(16)11(17)8-9/h6-8H,5,18H2,1-4H3. The van der Waals surface area contributed by atoms with Crippen molar-refractivity contribution in [2.24, 2.45) is 0 Å². The van der Waals surface area contributed by atoms with Gasteiger partial charge in [0.15, 0.2) is 0 Å². The van der Waals surface area contributed by atoms with Crippen molar-refractivity contribution >= 4 is 28.9 Å². The van der Waals surface area contributed by atoms with E-state index in [1.807, 2.05) is 32.4 Å². The third-order valence-corrected chi connectivity index (χ3v) is 4.07. The number of anilines is 1. The van der Waals surface area contributed by atoms with Gasteiger partial charge in [0.1, 0.15) is 5.69 Å². The maximum Gasteiger partial charge on any atom is 0.294 e. The molecule has 0 amide bonds. The fourth-order valence-electron chi connectivity index (χ4n) is 2.53. The molecule has 0 aliphatic rings. The van der Waals surface area contributed by atoms with Gasteiger partial charge in [-0.25, -0.2) is 4.68 Å². The van der Waals surface area contributed by atoms with Gasteiger partial charge in [0, 0.05) is 12.0 Å². The summed E-state index contributed by atoms with van der Waals surface area (Å²) in [6.07, 6.45) is 0. The molecule has 2 N–H and O–H groups in total. The van der Waals surface area contributed by atoms with Gasteiger partial charge in [-0.15, -0.1) is 0 Å². The average Bonchev–Trinajstić information content (AvgIpc) is 2.65. The van der Waals surface area contributed by atoms with E-state index >= 15 is 0 Å². The molecule has 0 unspecified atom stereocenters. The Balaban J connectivity index is 2.81. The number of benzene rings is 1. The molecular weight excluding hydrogens is 309 g/mol. The van der Waals surface area contributed by atoms with Crippen LogP contribution in [0.4, 0.5) is 5.69 Å². The second-order valence-corrected chi connectivity index (χ2v) is 6.76. The van der Waals surface area contributed by atoms with Crippen LogP contribution in [0.15, 0.2) is 23.0 Å². The Labute approximate surface area is 134 Å². The van der Waals surface area contributed by atoms with E-state index < -0.39 is 0 Å². The molecule has 0 aliphatic carbocycles. The molecule has 4 nitrogen and oxygen atoms in total. The number of hydrogen-bond acceptors (Lipinski definition) is 2. The Morgan fingerprint density at radius 3 is 2.29 bits per heavy atom. The predicted octanol–water partition coefficient (Wildman–Crippen LogP) is 3.85. The summed E-state index contributed by atoms with van der Waals surface area (Å²) < 4.78 is 3.44.